The van der Waals surface area contributed by atoms with Gasteiger partial charge in [-0.2, -0.15) is 0 Å². The van der Waals surface area contributed by atoms with Crippen molar-refractivity contribution in [2.75, 3.05) is 7.11 Å². The average molecular weight is 252 g/mol. The summed E-state index contributed by atoms with van der Waals surface area (Å²) in [4.78, 5) is 16.7. The number of aromatic nitrogens is 2. The quantitative estimate of drug-likeness (QED) is 0.704. The van der Waals surface area contributed by atoms with Gasteiger partial charge in [0.15, 0.2) is 0 Å². The lowest BCUT2D eigenvalue weighted by Crippen LogP contribution is -2.10. The van der Waals surface area contributed by atoms with Crippen molar-refractivity contribution in [2.45, 2.75) is 0 Å². The maximum absolute atomic E-state index is 12.5. The molecular weight excluding hydrogens is 240 g/mol. The highest BCUT2D eigenvalue weighted by atomic mass is 16.5. The molecule has 0 atom stereocenters. The van der Waals surface area contributed by atoms with Gasteiger partial charge in [0.2, 0.25) is 0 Å². The number of rotatable bonds is 2. The molecule has 0 amide bonds. The fourth-order valence-corrected chi connectivity index (χ4v) is 2.02. The number of methoxy groups -OCH3 is 1. The van der Waals surface area contributed by atoms with Gasteiger partial charge >= 0.3 is 0 Å². The third kappa shape index (κ3) is 1.97. The topological polar surface area (TPSA) is 44.1 Å². The summed E-state index contributed by atoms with van der Waals surface area (Å²) >= 11 is 0. The van der Waals surface area contributed by atoms with Crippen LogP contribution < -0.4 is 4.74 Å². The minimum Gasteiger partial charge on any atom is -0.497 e. The zero-order valence-electron chi connectivity index (χ0n) is 10.4. The first-order chi connectivity index (χ1) is 9.29. The molecule has 1 aromatic heterocycles. The highest BCUT2D eigenvalue weighted by Gasteiger charge is 2.12. The standard InChI is InChI=1S/C15H12N2O2/c1-19-12-6-4-5-11(9-12)15(18)17-10-16-13-7-2-3-8-14(13)17/h2-10H,1H3. The molecule has 0 aliphatic heterocycles. The van der Waals surface area contributed by atoms with Crippen molar-refractivity contribution >= 4 is 16.9 Å². The Morgan fingerprint density at radius 2 is 2.00 bits per heavy atom. The predicted octanol–water partition coefficient (Wildman–Crippen LogP) is 2.73. The van der Waals surface area contributed by atoms with Crippen LogP contribution in [0.25, 0.3) is 11.0 Å². The minimum absolute atomic E-state index is 0.118. The van der Waals surface area contributed by atoms with E-state index >= 15 is 0 Å². The van der Waals surface area contributed by atoms with Crippen LogP contribution in [-0.4, -0.2) is 22.6 Å². The van der Waals surface area contributed by atoms with Crippen molar-refractivity contribution < 1.29 is 9.53 Å². The van der Waals surface area contributed by atoms with E-state index in [4.69, 9.17) is 4.74 Å². The molecule has 4 nitrogen and oxygen atoms in total. The van der Waals surface area contributed by atoms with Crippen molar-refractivity contribution in [3.05, 3.63) is 60.4 Å². The predicted molar refractivity (Wildman–Crippen MR) is 72.5 cm³/mol. The molecule has 19 heavy (non-hydrogen) atoms. The Labute approximate surface area is 110 Å². The van der Waals surface area contributed by atoms with E-state index in [1.807, 2.05) is 30.3 Å². The molecule has 2 aromatic carbocycles. The van der Waals surface area contributed by atoms with Gasteiger partial charge in [0, 0.05) is 5.56 Å². The third-order valence-electron chi connectivity index (χ3n) is 2.99. The molecule has 0 radical (unpaired) electrons. The Morgan fingerprint density at radius 3 is 2.84 bits per heavy atom. The van der Waals surface area contributed by atoms with E-state index in [9.17, 15) is 4.79 Å². The summed E-state index contributed by atoms with van der Waals surface area (Å²) in [5.74, 6) is 0.544. The Kier molecular flexibility index (Phi) is 2.76. The number of nitrogens with zero attached hydrogens (tertiary/aromatic N) is 2. The fourth-order valence-electron chi connectivity index (χ4n) is 2.02. The number of hydrogen-bond acceptors (Lipinski definition) is 3. The molecule has 3 rings (SSSR count). The molecule has 0 saturated carbocycles. The number of imidazole rings is 1. The maximum atomic E-state index is 12.5. The normalized spacial score (nSPS) is 10.6. The van der Waals surface area contributed by atoms with E-state index in [-0.39, 0.29) is 5.91 Å². The zero-order chi connectivity index (χ0) is 13.2. The van der Waals surface area contributed by atoms with Crippen molar-refractivity contribution in [3.63, 3.8) is 0 Å². The van der Waals surface area contributed by atoms with Crippen LogP contribution in [0.5, 0.6) is 5.75 Å². The van der Waals surface area contributed by atoms with Crippen LogP contribution >= 0.6 is 0 Å². The lowest BCUT2D eigenvalue weighted by Gasteiger charge is -2.05. The van der Waals surface area contributed by atoms with Gasteiger partial charge in [-0.3, -0.25) is 9.36 Å². The van der Waals surface area contributed by atoms with Gasteiger partial charge in [-0.1, -0.05) is 18.2 Å². The van der Waals surface area contributed by atoms with Crippen LogP contribution in [0.3, 0.4) is 0 Å². The molecule has 94 valence electrons. The molecule has 0 spiro atoms. The number of benzene rings is 2. The van der Waals surface area contributed by atoms with Gasteiger partial charge in [0.1, 0.15) is 12.1 Å². The summed E-state index contributed by atoms with van der Waals surface area (Å²) in [6.07, 6.45) is 1.55. The van der Waals surface area contributed by atoms with Gasteiger partial charge in [-0.05, 0) is 30.3 Å². The molecule has 4 heteroatoms. The number of carbonyl (C=O) groups excluding carboxylic acids is 1. The van der Waals surface area contributed by atoms with Crippen LogP contribution in [0.1, 0.15) is 10.4 Å². The van der Waals surface area contributed by atoms with Crippen molar-refractivity contribution in [2.24, 2.45) is 0 Å². The molecule has 0 bridgehead atoms. The number of hydrogen-bond donors (Lipinski definition) is 0. The first-order valence-corrected chi connectivity index (χ1v) is 5.90. The second-order valence-corrected chi connectivity index (χ2v) is 4.14. The summed E-state index contributed by atoms with van der Waals surface area (Å²) in [5, 5.41) is 0. The van der Waals surface area contributed by atoms with Crippen LogP contribution in [0.4, 0.5) is 0 Å². The Balaban J connectivity index is 2.08. The largest absolute Gasteiger partial charge is 0.497 e. The second-order valence-electron chi connectivity index (χ2n) is 4.14. The molecule has 0 N–H and O–H groups in total. The van der Waals surface area contributed by atoms with E-state index in [2.05, 4.69) is 4.98 Å². The highest BCUT2D eigenvalue weighted by molar-refractivity contribution is 6.01. The first kappa shape index (κ1) is 11.5. The lowest BCUT2D eigenvalue weighted by atomic mass is 10.2. The molecule has 0 aliphatic rings. The Hall–Kier alpha value is -2.62. The zero-order valence-corrected chi connectivity index (χ0v) is 10.4. The molecular formula is C15H12N2O2. The van der Waals surface area contributed by atoms with Crippen molar-refractivity contribution in [1.82, 2.24) is 9.55 Å². The van der Waals surface area contributed by atoms with E-state index in [0.29, 0.717) is 11.3 Å². The van der Waals surface area contributed by atoms with Gasteiger partial charge in [0.25, 0.3) is 5.91 Å². The minimum atomic E-state index is -0.118. The SMILES string of the molecule is COc1cccc(C(=O)n2cnc3ccccc32)c1. The molecule has 0 aliphatic carbocycles. The van der Waals surface area contributed by atoms with E-state index in [1.54, 1.807) is 36.2 Å². The second kappa shape index (κ2) is 4.57. The molecule has 0 fully saturated rings. The summed E-state index contributed by atoms with van der Waals surface area (Å²) in [6.45, 7) is 0. The van der Waals surface area contributed by atoms with Gasteiger partial charge in [-0.15, -0.1) is 0 Å². The lowest BCUT2D eigenvalue weighted by molar-refractivity contribution is 0.0964. The highest BCUT2D eigenvalue weighted by Crippen LogP contribution is 2.17. The average Bonchev–Trinajstić information content (AvgIpc) is 2.90. The summed E-state index contributed by atoms with van der Waals surface area (Å²) < 4.78 is 6.68. The van der Waals surface area contributed by atoms with Crippen LogP contribution in [0.15, 0.2) is 54.9 Å². The summed E-state index contributed by atoms with van der Waals surface area (Å²) in [5.41, 5.74) is 2.18. The van der Waals surface area contributed by atoms with Crippen LogP contribution in [0, 0.1) is 0 Å². The molecule has 0 saturated heterocycles. The summed E-state index contributed by atoms with van der Waals surface area (Å²) in [6, 6.07) is 14.6. The van der Waals surface area contributed by atoms with Crippen molar-refractivity contribution in [1.29, 1.82) is 0 Å². The molecule has 1 heterocycles. The van der Waals surface area contributed by atoms with E-state index in [1.165, 1.54) is 0 Å². The van der Waals surface area contributed by atoms with Crippen LogP contribution in [0.2, 0.25) is 0 Å². The smallest absolute Gasteiger partial charge is 0.263 e. The molecule has 0 unspecified atom stereocenters. The number of fused-ring (bicyclic) bond motifs is 1. The number of ether oxygens (including phenoxy) is 1. The fraction of sp³-hybridized carbons (Fsp3) is 0.0667. The van der Waals surface area contributed by atoms with E-state index < -0.39 is 0 Å². The summed E-state index contributed by atoms with van der Waals surface area (Å²) in [7, 11) is 1.58. The van der Waals surface area contributed by atoms with Gasteiger partial charge in [0.05, 0.1) is 18.1 Å². The van der Waals surface area contributed by atoms with Crippen LogP contribution in [-0.2, 0) is 0 Å². The van der Waals surface area contributed by atoms with E-state index in [0.717, 1.165) is 11.0 Å². The van der Waals surface area contributed by atoms with Gasteiger partial charge in [-0.25, -0.2) is 4.98 Å². The Morgan fingerprint density at radius 1 is 1.16 bits per heavy atom. The van der Waals surface area contributed by atoms with Crippen molar-refractivity contribution in [3.8, 4) is 5.75 Å². The number of para-hydroxylation sites is 2. The Bertz CT molecular complexity index is 746. The third-order valence-corrected chi connectivity index (χ3v) is 2.99. The maximum Gasteiger partial charge on any atom is 0.263 e. The molecule has 3 aromatic rings. The van der Waals surface area contributed by atoms with Gasteiger partial charge < -0.3 is 4.74 Å². The number of carbonyl (C=O) groups is 1. The monoisotopic (exact) mass is 252 g/mol. The first-order valence-electron chi connectivity index (χ1n) is 5.90.